The standard InChI is InChI=1S/C15H19F3N2.Rh/c1-11(2)13-6-5-12(15(16,17)18)9-14(13)20-8-4-7-19(3)10-20;/h5-6,9-10H,4,7-8H2,1-3H3;/q-2;+2. The van der Waals surface area contributed by atoms with Crippen LogP contribution in [-0.2, 0) is 25.7 Å². The fourth-order valence-corrected chi connectivity index (χ4v) is 2.39. The molecule has 0 unspecified atom stereocenters. The molecule has 0 bridgehead atoms. The fraction of sp³-hybridized carbons (Fsp3) is 0.467. The Kier molecular flexibility index (Phi) is 6.12. The van der Waals surface area contributed by atoms with E-state index in [1.165, 1.54) is 6.07 Å². The number of hydrogen-bond acceptors (Lipinski definition) is 2. The van der Waals surface area contributed by atoms with Crippen LogP contribution in [0.2, 0.25) is 0 Å². The van der Waals surface area contributed by atoms with Gasteiger partial charge in [-0.1, -0.05) is 25.6 Å². The molecule has 2 rings (SSSR count). The minimum absolute atomic E-state index is 0. The van der Waals surface area contributed by atoms with Crippen molar-refractivity contribution in [2.75, 3.05) is 25.0 Å². The molecule has 0 saturated carbocycles. The van der Waals surface area contributed by atoms with Crippen molar-refractivity contribution in [3.05, 3.63) is 41.9 Å². The molecular formula is C15H19F3N2Rh. The average Bonchev–Trinajstić information content (AvgIpc) is 2.37. The van der Waals surface area contributed by atoms with Crippen LogP contribution in [0.5, 0.6) is 0 Å². The summed E-state index contributed by atoms with van der Waals surface area (Å²) in [5, 5.41) is 0. The molecule has 1 heterocycles. The van der Waals surface area contributed by atoms with Gasteiger partial charge in [0.15, 0.2) is 0 Å². The number of nitrogens with zero attached hydrogens (tertiary/aromatic N) is 2. The molecule has 0 atom stereocenters. The monoisotopic (exact) mass is 387 g/mol. The molecule has 21 heavy (non-hydrogen) atoms. The number of rotatable bonds is 2. The van der Waals surface area contributed by atoms with Gasteiger partial charge >= 0.3 is 25.7 Å². The van der Waals surface area contributed by atoms with Gasteiger partial charge in [0.25, 0.3) is 0 Å². The predicted molar refractivity (Wildman–Crippen MR) is 74.0 cm³/mol. The Hall–Kier alpha value is -0.737. The predicted octanol–water partition coefficient (Wildman–Crippen LogP) is 3.93. The Bertz CT molecular complexity index is 474. The van der Waals surface area contributed by atoms with Crippen molar-refractivity contribution in [3.8, 4) is 0 Å². The van der Waals surface area contributed by atoms with Gasteiger partial charge in [0, 0.05) is 5.56 Å². The second-order valence-electron chi connectivity index (χ2n) is 5.37. The number of hydrogen-bond donors (Lipinski definition) is 0. The third-order valence-corrected chi connectivity index (χ3v) is 3.42. The van der Waals surface area contributed by atoms with Gasteiger partial charge in [0.1, 0.15) is 0 Å². The first kappa shape index (κ1) is 18.3. The van der Waals surface area contributed by atoms with Crippen LogP contribution in [0.1, 0.15) is 31.4 Å². The summed E-state index contributed by atoms with van der Waals surface area (Å²) in [4.78, 5) is 3.90. The van der Waals surface area contributed by atoms with Gasteiger partial charge in [-0.05, 0) is 26.6 Å². The topological polar surface area (TPSA) is 6.48 Å². The van der Waals surface area contributed by atoms with Crippen LogP contribution in [0.3, 0.4) is 0 Å². The molecule has 1 aromatic rings. The molecule has 1 aliphatic heterocycles. The Morgan fingerprint density at radius 2 is 1.86 bits per heavy atom. The van der Waals surface area contributed by atoms with Gasteiger partial charge in [-0.25, -0.2) is 0 Å². The molecule has 6 heteroatoms. The van der Waals surface area contributed by atoms with Crippen molar-refractivity contribution >= 4 is 5.69 Å². The molecule has 1 radical (unpaired) electrons. The normalized spacial score (nSPS) is 16.6. The number of anilines is 1. The molecule has 119 valence electrons. The molecule has 1 aliphatic rings. The maximum atomic E-state index is 12.9. The van der Waals surface area contributed by atoms with Crippen molar-refractivity contribution in [1.82, 2.24) is 4.90 Å². The number of alkyl halides is 3. The van der Waals surface area contributed by atoms with Crippen LogP contribution in [0.25, 0.3) is 0 Å². The van der Waals surface area contributed by atoms with Gasteiger partial charge in [-0.15, -0.1) is 6.07 Å². The Morgan fingerprint density at radius 1 is 1.19 bits per heavy atom. The number of benzene rings is 1. The van der Waals surface area contributed by atoms with E-state index in [1.54, 1.807) is 6.07 Å². The zero-order chi connectivity index (χ0) is 14.9. The Balaban J connectivity index is 0.00000220. The van der Waals surface area contributed by atoms with Crippen molar-refractivity contribution < 1.29 is 32.6 Å². The first-order chi connectivity index (χ1) is 9.29. The van der Waals surface area contributed by atoms with Crippen molar-refractivity contribution in [1.29, 1.82) is 0 Å². The first-order valence-corrected chi connectivity index (χ1v) is 6.62. The molecule has 0 N–H and O–H groups in total. The summed E-state index contributed by atoms with van der Waals surface area (Å²) < 4.78 is 38.7. The largest absolute Gasteiger partial charge is 2.00 e. The minimum Gasteiger partial charge on any atom is -0.561 e. The van der Waals surface area contributed by atoms with Crippen molar-refractivity contribution in [2.45, 2.75) is 26.4 Å². The zero-order valence-electron chi connectivity index (χ0n) is 12.3. The van der Waals surface area contributed by atoms with Gasteiger partial charge in [0.2, 0.25) is 0 Å². The molecular weight excluding hydrogens is 368 g/mol. The molecule has 1 fully saturated rings. The van der Waals surface area contributed by atoms with E-state index in [0.717, 1.165) is 37.1 Å². The average molecular weight is 387 g/mol. The van der Waals surface area contributed by atoms with Crippen LogP contribution in [-0.4, -0.2) is 25.0 Å². The minimum atomic E-state index is -4.31. The van der Waals surface area contributed by atoms with E-state index < -0.39 is 11.7 Å². The second kappa shape index (κ2) is 7.02. The smallest absolute Gasteiger partial charge is 0.561 e. The summed E-state index contributed by atoms with van der Waals surface area (Å²) in [6.07, 6.45) is -3.37. The van der Waals surface area contributed by atoms with Crippen LogP contribution in [0.4, 0.5) is 18.9 Å². The molecule has 0 aromatic heterocycles. The first-order valence-electron chi connectivity index (χ1n) is 6.62. The molecule has 0 aliphatic carbocycles. The summed E-state index contributed by atoms with van der Waals surface area (Å²) in [6, 6.07) is 3.97. The van der Waals surface area contributed by atoms with Gasteiger partial charge in [0.05, 0.1) is 0 Å². The van der Waals surface area contributed by atoms with Crippen LogP contribution >= 0.6 is 0 Å². The molecule has 1 aromatic carbocycles. The van der Waals surface area contributed by atoms with Crippen LogP contribution in [0, 0.1) is 12.6 Å². The molecule has 2 nitrogen and oxygen atoms in total. The summed E-state index contributed by atoms with van der Waals surface area (Å²) in [7, 11) is 1.93. The van der Waals surface area contributed by atoms with E-state index >= 15 is 0 Å². The maximum absolute atomic E-state index is 12.9. The SMILES string of the molecule is C[C-](C)c1ccc(C(F)(F)F)cc1N1[CH-]N(C)CCC1.[Rh+2]. The van der Waals surface area contributed by atoms with Gasteiger partial charge in [-0.2, -0.15) is 37.4 Å². The third kappa shape index (κ3) is 4.37. The third-order valence-electron chi connectivity index (χ3n) is 3.42. The van der Waals surface area contributed by atoms with Crippen LogP contribution in [0.15, 0.2) is 18.2 Å². The summed E-state index contributed by atoms with van der Waals surface area (Å²) in [5.41, 5.74) is 0.898. The van der Waals surface area contributed by atoms with Gasteiger partial charge in [-0.3, -0.25) is 0 Å². The van der Waals surface area contributed by atoms with Crippen molar-refractivity contribution in [2.24, 2.45) is 0 Å². The maximum Gasteiger partial charge on any atom is 2.00 e. The van der Waals surface area contributed by atoms with E-state index in [9.17, 15) is 13.2 Å². The summed E-state index contributed by atoms with van der Waals surface area (Å²) in [6.45, 7) is 7.39. The van der Waals surface area contributed by atoms with Gasteiger partial charge < -0.3 is 9.80 Å². The van der Waals surface area contributed by atoms with Crippen LogP contribution < -0.4 is 4.90 Å². The summed E-state index contributed by atoms with van der Waals surface area (Å²) in [5.74, 6) is 1.01. The van der Waals surface area contributed by atoms with E-state index in [2.05, 4.69) is 0 Å². The second-order valence-corrected chi connectivity index (χ2v) is 5.37. The Labute approximate surface area is 137 Å². The summed E-state index contributed by atoms with van der Waals surface area (Å²) >= 11 is 0. The molecule has 1 saturated heterocycles. The van der Waals surface area contributed by atoms with E-state index in [4.69, 9.17) is 0 Å². The molecule has 0 spiro atoms. The Morgan fingerprint density at radius 3 is 2.38 bits per heavy atom. The van der Waals surface area contributed by atoms with E-state index in [1.807, 2.05) is 37.4 Å². The zero-order valence-corrected chi connectivity index (χ0v) is 13.9. The van der Waals surface area contributed by atoms with Crippen molar-refractivity contribution in [3.63, 3.8) is 0 Å². The molecule has 0 amide bonds. The quantitative estimate of drug-likeness (QED) is 0.561. The van der Waals surface area contributed by atoms with E-state index in [-0.39, 0.29) is 19.5 Å². The number of halogens is 3. The fourth-order valence-electron chi connectivity index (χ4n) is 2.39. The van der Waals surface area contributed by atoms with E-state index in [0.29, 0.717) is 5.69 Å².